The third-order valence-electron chi connectivity index (χ3n) is 5.91. The summed E-state index contributed by atoms with van der Waals surface area (Å²) in [7, 11) is 2.87. The van der Waals surface area contributed by atoms with Crippen molar-refractivity contribution in [3.05, 3.63) is 59.1 Å². The van der Waals surface area contributed by atoms with Gasteiger partial charge in [0, 0.05) is 12.1 Å². The van der Waals surface area contributed by atoms with Gasteiger partial charge in [-0.2, -0.15) is 0 Å². The van der Waals surface area contributed by atoms with Gasteiger partial charge in [0.15, 0.2) is 0 Å². The van der Waals surface area contributed by atoms with E-state index in [1.807, 2.05) is 24.3 Å². The van der Waals surface area contributed by atoms with Crippen molar-refractivity contribution >= 4 is 34.0 Å². The summed E-state index contributed by atoms with van der Waals surface area (Å²) in [5.74, 6) is 0.0776. The summed E-state index contributed by atoms with van der Waals surface area (Å²) in [5.41, 5.74) is 0.373. The number of rotatable bonds is 7. The maximum Gasteiger partial charge on any atom is 0.259 e. The fourth-order valence-corrected chi connectivity index (χ4v) is 4.16. The summed E-state index contributed by atoms with van der Waals surface area (Å²) in [4.78, 5) is 13.4. The van der Waals surface area contributed by atoms with Crippen molar-refractivity contribution in [3.63, 3.8) is 0 Å². The van der Waals surface area contributed by atoms with Gasteiger partial charge in [0.2, 0.25) is 6.29 Å². The number of benzene rings is 3. The topological polar surface area (TPSA) is 147 Å². The van der Waals surface area contributed by atoms with Crippen LogP contribution in [0.2, 0.25) is 5.02 Å². The van der Waals surface area contributed by atoms with Crippen LogP contribution in [0.25, 0.3) is 10.8 Å². The number of halogens is 1. The lowest BCUT2D eigenvalue weighted by atomic mass is 9.99. The minimum absolute atomic E-state index is 0.0374. The van der Waals surface area contributed by atoms with Gasteiger partial charge in [0.25, 0.3) is 5.91 Å². The van der Waals surface area contributed by atoms with Crippen molar-refractivity contribution in [1.82, 2.24) is 0 Å². The molecule has 1 fully saturated rings. The minimum Gasteiger partial charge on any atom is -0.495 e. The molecular weight excluding hydrogens is 494 g/mol. The second-order valence-electron chi connectivity index (χ2n) is 8.15. The quantitative estimate of drug-likeness (QED) is 0.316. The van der Waals surface area contributed by atoms with E-state index >= 15 is 0 Å². The molecule has 1 aliphatic heterocycles. The van der Waals surface area contributed by atoms with Gasteiger partial charge in [-0.25, -0.2) is 0 Å². The van der Waals surface area contributed by atoms with Crippen LogP contribution in [0, 0.1) is 0 Å². The first kappa shape index (κ1) is 26.0. The molecule has 0 saturated carbocycles. The Bertz CT molecular complexity index is 1250. The van der Waals surface area contributed by atoms with Gasteiger partial charge in [0.05, 0.1) is 37.1 Å². The van der Waals surface area contributed by atoms with Crippen LogP contribution in [0.15, 0.2) is 48.5 Å². The van der Waals surface area contributed by atoms with Crippen molar-refractivity contribution in [3.8, 4) is 17.2 Å². The summed E-state index contributed by atoms with van der Waals surface area (Å²) in [5, 5.41) is 44.6. The van der Waals surface area contributed by atoms with E-state index < -0.39 is 43.2 Å². The lowest BCUT2D eigenvalue weighted by Gasteiger charge is -2.39. The first-order valence-corrected chi connectivity index (χ1v) is 11.4. The summed E-state index contributed by atoms with van der Waals surface area (Å²) in [6.07, 6.45) is -7.47. The number of hydrogen-bond donors (Lipinski definition) is 5. The summed E-state index contributed by atoms with van der Waals surface area (Å²) < 4.78 is 21.9. The number of ether oxygens (including phenoxy) is 4. The molecule has 0 aromatic heterocycles. The zero-order valence-electron chi connectivity index (χ0n) is 19.4. The summed E-state index contributed by atoms with van der Waals surface area (Å²) in [6, 6.07) is 13.5. The molecule has 4 rings (SSSR count). The minimum atomic E-state index is -1.65. The predicted octanol–water partition coefficient (Wildman–Crippen LogP) is 1.94. The second kappa shape index (κ2) is 10.9. The molecule has 0 unspecified atom stereocenters. The number of carbonyl (C=O) groups is 1. The maximum atomic E-state index is 13.4. The second-order valence-corrected chi connectivity index (χ2v) is 8.56. The van der Waals surface area contributed by atoms with Crippen molar-refractivity contribution < 1.29 is 44.2 Å². The molecule has 0 radical (unpaired) electrons. The van der Waals surface area contributed by atoms with Crippen molar-refractivity contribution in [1.29, 1.82) is 0 Å². The number of nitrogens with one attached hydrogen (secondary N) is 1. The molecule has 1 aliphatic rings. The first-order valence-electron chi connectivity index (χ1n) is 11.0. The number of anilines is 1. The third-order valence-corrected chi connectivity index (χ3v) is 6.20. The average Bonchev–Trinajstić information content (AvgIpc) is 2.89. The molecule has 5 N–H and O–H groups in total. The Labute approximate surface area is 211 Å². The van der Waals surface area contributed by atoms with E-state index in [2.05, 4.69) is 5.32 Å². The van der Waals surface area contributed by atoms with Gasteiger partial charge in [0.1, 0.15) is 41.7 Å². The lowest BCUT2D eigenvalue weighted by Crippen LogP contribution is -2.60. The van der Waals surface area contributed by atoms with E-state index in [0.717, 1.165) is 10.8 Å². The van der Waals surface area contributed by atoms with E-state index in [1.54, 1.807) is 12.1 Å². The molecular formula is C25H26ClNO9. The fraction of sp³-hybridized carbons (Fsp3) is 0.320. The van der Waals surface area contributed by atoms with E-state index in [1.165, 1.54) is 26.4 Å². The van der Waals surface area contributed by atoms with Crippen molar-refractivity contribution in [2.45, 2.75) is 30.7 Å². The SMILES string of the molecule is COc1cc(NC(=O)c2cc3ccccc3cc2O[C@@H]2O[C@@H](CO)[C@@H](O)[C@@H](O)[C@@H]2O)c(OC)cc1Cl. The van der Waals surface area contributed by atoms with Gasteiger partial charge in [-0.05, 0) is 22.9 Å². The normalized spacial score (nSPS) is 23.8. The fourth-order valence-electron chi connectivity index (χ4n) is 3.93. The van der Waals surface area contributed by atoms with Gasteiger partial charge in [-0.1, -0.05) is 35.9 Å². The molecule has 1 saturated heterocycles. The summed E-state index contributed by atoms with van der Waals surface area (Å²) in [6.45, 7) is -0.617. The van der Waals surface area contributed by atoms with Crippen LogP contribution in [0.5, 0.6) is 17.2 Å². The van der Waals surface area contributed by atoms with Crippen LogP contribution in [-0.2, 0) is 4.74 Å². The molecule has 1 heterocycles. The molecule has 1 amide bonds. The molecule has 3 aromatic carbocycles. The molecule has 5 atom stereocenters. The van der Waals surface area contributed by atoms with Gasteiger partial charge in [-0.3, -0.25) is 4.79 Å². The molecule has 0 spiro atoms. The van der Waals surface area contributed by atoms with Crippen LogP contribution < -0.4 is 19.5 Å². The van der Waals surface area contributed by atoms with Gasteiger partial charge >= 0.3 is 0 Å². The molecule has 3 aromatic rings. The van der Waals surface area contributed by atoms with Crippen molar-refractivity contribution in [2.75, 3.05) is 26.1 Å². The lowest BCUT2D eigenvalue weighted by molar-refractivity contribution is -0.277. The Kier molecular flexibility index (Phi) is 7.84. The van der Waals surface area contributed by atoms with Crippen LogP contribution >= 0.6 is 11.6 Å². The number of carbonyl (C=O) groups excluding carboxylic acids is 1. The highest BCUT2D eigenvalue weighted by Gasteiger charge is 2.45. The monoisotopic (exact) mass is 519 g/mol. The average molecular weight is 520 g/mol. The third kappa shape index (κ3) is 5.05. The zero-order valence-corrected chi connectivity index (χ0v) is 20.2. The first-order chi connectivity index (χ1) is 17.3. The highest BCUT2D eigenvalue weighted by Crippen LogP contribution is 2.37. The molecule has 36 heavy (non-hydrogen) atoms. The number of amides is 1. The van der Waals surface area contributed by atoms with Gasteiger partial charge in [-0.15, -0.1) is 0 Å². The van der Waals surface area contributed by atoms with E-state index in [0.29, 0.717) is 16.5 Å². The maximum absolute atomic E-state index is 13.4. The highest BCUT2D eigenvalue weighted by molar-refractivity contribution is 6.32. The number of hydrogen-bond acceptors (Lipinski definition) is 9. The standard InChI is InChI=1S/C25H26ClNO9/c1-33-18-10-16(19(34-2)9-15(18)26)27-24(32)14-7-12-5-3-4-6-13(12)8-17(14)35-25-23(31)22(30)21(29)20(11-28)36-25/h3-10,20-23,25,28-31H,11H2,1-2H3,(H,27,32)/t20-,21+,22+,23-,25+/m0/s1. The Balaban J connectivity index is 1.72. The van der Waals surface area contributed by atoms with E-state index in [-0.39, 0.29) is 17.0 Å². The molecule has 0 aliphatic carbocycles. The Morgan fingerprint density at radius 1 is 0.944 bits per heavy atom. The highest BCUT2D eigenvalue weighted by atomic mass is 35.5. The Morgan fingerprint density at radius 3 is 2.25 bits per heavy atom. The zero-order chi connectivity index (χ0) is 26.0. The van der Waals surface area contributed by atoms with Crippen LogP contribution in [-0.4, -0.2) is 77.9 Å². The molecule has 0 bridgehead atoms. The van der Waals surface area contributed by atoms with Crippen LogP contribution in [0.1, 0.15) is 10.4 Å². The molecule has 10 nitrogen and oxygen atoms in total. The molecule has 11 heteroatoms. The largest absolute Gasteiger partial charge is 0.495 e. The summed E-state index contributed by atoms with van der Waals surface area (Å²) >= 11 is 6.16. The number of methoxy groups -OCH3 is 2. The Hall–Kier alpha value is -3.12. The van der Waals surface area contributed by atoms with E-state index in [4.69, 9.17) is 30.5 Å². The van der Waals surface area contributed by atoms with Crippen LogP contribution in [0.3, 0.4) is 0 Å². The predicted molar refractivity (Wildman–Crippen MR) is 131 cm³/mol. The smallest absolute Gasteiger partial charge is 0.259 e. The van der Waals surface area contributed by atoms with E-state index in [9.17, 15) is 25.2 Å². The number of aliphatic hydroxyl groups is 4. The number of fused-ring (bicyclic) bond motifs is 1. The molecule has 192 valence electrons. The van der Waals surface area contributed by atoms with Crippen LogP contribution in [0.4, 0.5) is 5.69 Å². The van der Waals surface area contributed by atoms with Crippen molar-refractivity contribution in [2.24, 2.45) is 0 Å². The van der Waals surface area contributed by atoms with Gasteiger partial charge < -0.3 is 44.7 Å². The Morgan fingerprint density at radius 2 is 1.61 bits per heavy atom. The number of aliphatic hydroxyl groups excluding tert-OH is 4.